The molecular formula is C12H18N2O. The quantitative estimate of drug-likeness (QED) is 0.816. The topological polar surface area (TPSA) is 36.4 Å². The van der Waals surface area contributed by atoms with Gasteiger partial charge in [-0.3, -0.25) is 9.88 Å². The highest BCUT2D eigenvalue weighted by Gasteiger charge is 2.23. The smallest absolute Gasteiger partial charge is 0.0558 e. The Bertz CT molecular complexity index is 287. The molecule has 15 heavy (non-hydrogen) atoms. The molecule has 1 aromatic heterocycles. The zero-order valence-electron chi connectivity index (χ0n) is 8.97. The average molecular weight is 206 g/mol. The highest BCUT2D eigenvalue weighted by Crippen LogP contribution is 2.29. The summed E-state index contributed by atoms with van der Waals surface area (Å²) in [5.74, 6) is 0. The number of rotatable bonds is 3. The largest absolute Gasteiger partial charge is 0.395 e. The lowest BCUT2D eigenvalue weighted by atomic mass is 9.96. The standard InChI is InChI=1S/C12H18N2O/c15-9-8-14-7-2-1-5-12(14)11-4-3-6-13-10-11/h3-4,6,10,12,15H,1-2,5,7-9H2/t12-/m1/s1. The van der Waals surface area contributed by atoms with Crippen molar-refractivity contribution < 1.29 is 5.11 Å². The van der Waals surface area contributed by atoms with E-state index in [2.05, 4.69) is 16.0 Å². The van der Waals surface area contributed by atoms with Crippen LogP contribution >= 0.6 is 0 Å². The van der Waals surface area contributed by atoms with Crippen molar-refractivity contribution >= 4 is 0 Å². The average Bonchev–Trinajstić information content (AvgIpc) is 2.31. The molecule has 0 aliphatic carbocycles. The van der Waals surface area contributed by atoms with Crippen LogP contribution in [0.3, 0.4) is 0 Å². The summed E-state index contributed by atoms with van der Waals surface area (Å²) >= 11 is 0. The zero-order chi connectivity index (χ0) is 10.5. The molecule has 0 amide bonds. The Balaban J connectivity index is 2.11. The highest BCUT2D eigenvalue weighted by atomic mass is 16.3. The van der Waals surface area contributed by atoms with E-state index < -0.39 is 0 Å². The Morgan fingerprint density at radius 3 is 3.13 bits per heavy atom. The molecule has 0 radical (unpaired) electrons. The second kappa shape index (κ2) is 5.24. The normalized spacial score (nSPS) is 22.9. The Morgan fingerprint density at radius 2 is 2.40 bits per heavy atom. The van der Waals surface area contributed by atoms with Gasteiger partial charge in [0, 0.05) is 25.0 Å². The molecule has 82 valence electrons. The van der Waals surface area contributed by atoms with Gasteiger partial charge in [0.1, 0.15) is 0 Å². The van der Waals surface area contributed by atoms with Gasteiger partial charge < -0.3 is 5.11 Å². The van der Waals surface area contributed by atoms with Crippen LogP contribution < -0.4 is 0 Å². The van der Waals surface area contributed by atoms with Gasteiger partial charge in [0.15, 0.2) is 0 Å². The number of aliphatic hydroxyl groups excluding tert-OH is 1. The summed E-state index contributed by atoms with van der Waals surface area (Å²) in [6.45, 7) is 2.12. The van der Waals surface area contributed by atoms with Gasteiger partial charge >= 0.3 is 0 Å². The molecule has 0 bridgehead atoms. The van der Waals surface area contributed by atoms with Crippen LogP contribution in [0.25, 0.3) is 0 Å². The number of likely N-dealkylation sites (tertiary alicyclic amines) is 1. The first-order chi connectivity index (χ1) is 7.42. The van der Waals surface area contributed by atoms with Gasteiger partial charge in [-0.2, -0.15) is 0 Å². The molecule has 0 aromatic carbocycles. The number of piperidine rings is 1. The Kier molecular flexibility index (Phi) is 3.69. The van der Waals surface area contributed by atoms with E-state index in [0.717, 1.165) is 13.1 Å². The van der Waals surface area contributed by atoms with Gasteiger partial charge in [-0.1, -0.05) is 12.5 Å². The highest BCUT2D eigenvalue weighted by molar-refractivity contribution is 5.14. The van der Waals surface area contributed by atoms with Gasteiger partial charge in [0.2, 0.25) is 0 Å². The molecule has 3 heteroatoms. The molecule has 3 nitrogen and oxygen atoms in total. The lowest BCUT2D eigenvalue weighted by Gasteiger charge is -2.35. The van der Waals surface area contributed by atoms with Crippen molar-refractivity contribution in [3.63, 3.8) is 0 Å². The van der Waals surface area contributed by atoms with Gasteiger partial charge in [-0.15, -0.1) is 0 Å². The summed E-state index contributed by atoms with van der Waals surface area (Å²) < 4.78 is 0. The van der Waals surface area contributed by atoms with Crippen molar-refractivity contribution in [1.29, 1.82) is 0 Å². The minimum Gasteiger partial charge on any atom is -0.395 e. The van der Waals surface area contributed by atoms with E-state index in [4.69, 9.17) is 5.11 Å². The molecule has 1 fully saturated rings. The van der Waals surface area contributed by atoms with E-state index in [9.17, 15) is 0 Å². The summed E-state index contributed by atoms with van der Waals surface area (Å²) in [6, 6.07) is 4.58. The van der Waals surface area contributed by atoms with Crippen molar-refractivity contribution in [3.8, 4) is 0 Å². The fourth-order valence-electron chi connectivity index (χ4n) is 2.34. The summed E-state index contributed by atoms with van der Waals surface area (Å²) in [5, 5.41) is 9.03. The molecule has 1 aliphatic heterocycles. The molecular weight excluding hydrogens is 188 g/mol. The molecule has 1 atom stereocenters. The van der Waals surface area contributed by atoms with Crippen LogP contribution in [0, 0.1) is 0 Å². The Hall–Kier alpha value is -0.930. The maximum absolute atomic E-state index is 9.03. The zero-order valence-corrected chi connectivity index (χ0v) is 8.97. The van der Waals surface area contributed by atoms with Crippen molar-refractivity contribution in [2.24, 2.45) is 0 Å². The SMILES string of the molecule is OCCN1CCCC[C@@H]1c1cccnc1. The minimum atomic E-state index is 0.247. The van der Waals surface area contributed by atoms with Gasteiger partial charge in [-0.05, 0) is 31.0 Å². The first-order valence-corrected chi connectivity index (χ1v) is 5.66. The third-order valence-corrected chi connectivity index (χ3v) is 3.07. The van der Waals surface area contributed by atoms with E-state index in [1.54, 1.807) is 0 Å². The molecule has 2 rings (SSSR count). The number of pyridine rings is 1. The number of hydrogen-bond acceptors (Lipinski definition) is 3. The van der Waals surface area contributed by atoms with Crippen molar-refractivity contribution in [1.82, 2.24) is 9.88 Å². The van der Waals surface area contributed by atoms with Crippen molar-refractivity contribution in [2.45, 2.75) is 25.3 Å². The van der Waals surface area contributed by atoms with E-state index in [0.29, 0.717) is 6.04 Å². The molecule has 0 spiro atoms. The molecule has 1 aliphatic rings. The van der Waals surface area contributed by atoms with Crippen molar-refractivity contribution in [3.05, 3.63) is 30.1 Å². The number of β-amino-alcohol motifs (C(OH)–C–C–N with tert-alkyl or cyclic N) is 1. The van der Waals surface area contributed by atoms with Gasteiger partial charge in [0.25, 0.3) is 0 Å². The van der Waals surface area contributed by atoms with Crippen LogP contribution in [-0.4, -0.2) is 34.7 Å². The van der Waals surface area contributed by atoms with Crippen LogP contribution in [0.15, 0.2) is 24.5 Å². The van der Waals surface area contributed by atoms with E-state index in [1.807, 2.05) is 18.5 Å². The first-order valence-electron chi connectivity index (χ1n) is 5.66. The second-order valence-electron chi connectivity index (χ2n) is 4.06. The fraction of sp³-hybridized carbons (Fsp3) is 0.583. The van der Waals surface area contributed by atoms with E-state index >= 15 is 0 Å². The molecule has 0 unspecified atom stereocenters. The molecule has 1 aromatic rings. The summed E-state index contributed by atoms with van der Waals surface area (Å²) in [4.78, 5) is 6.53. The van der Waals surface area contributed by atoms with Gasteiger partial charge in [0.05, 0.1) is 6.61 Å². The molecule has 1 saturated heterocycles. The van der Waals surface area contributed by atoms with Crippen LogP contribution in [0.4, 0.5) is 0 Å². The van der Waals surface area contributed by atoms with Crippen molar-refractivity contribution in [2.75, 3.05) is 19.7 Å². The molecule has 0 saturated carbocycles. The van der Waals surface area contributed by atoms with Gasteiger partial charge in [-0.25, -0.2) is 0 Å². The van der Waals surface area contributed by atoms with Crippen LogP contribution in [-0.2, 0) is 0 Å². The maximum Gasteiger partial charge on any atom is 0.0558 e. The first kappa shape index (κ1) is 10.6. The second-order valence-corrected chi connectivity index (χ2v) is 4.06. The number of nitrogens with zero attached hydrogens (tertiary/aromatic N) is 2. The fourth-order valence-corrected chi connectivity index (χ4v) is 2.34. The van der Waals surface area contributed by atoms with E-state index in [1.165, 1.54) is 24.8 Å². The number of hydrogen-bond donors (Lipinski definition) is 1. The maximum atomic E-state index is 9.03. The number of aromatic nitrogens is 1. The number of aliphatic hydroxyl groups is 1. The minimum absolute atomic E-state index is 0.247. The molecule has 2 heterocycles. The Morgan fingerprint density at radius 1 is 1.47 bits per heavy atom. The lowest BCUT2D eigenvalue weighted by Crippen LogP contribution is -2.35. The molecule has 1 N–H and O–H groups in total. The predicted molar refractivity (Wildman–Crippen MR) is 59.5 cm³/mol. The summed E-state index contributed by atoms with van der Waals surface area (Å²) in [5.41, 5.74) is 1.28. The van der Waals surface area contributed by atoms with Crippen LogP contribution in [0.1, 0.15) is 30.9 Å². The summed E-state index contributed by atoms with van der Waals surface area (Å²) in [6.07, 6.45) is 7.47. The lowest BCUT2D eigenvalue weighted by molar-refractivity contribution is 0.117. The van der Waals surface area contributed by atoms with Crippen LogP contribution in [0.5, 0.6) is 0 Å². The monoisotopic (exact) mass is 206 g/mol. The van der Waals surface area contributed by atoms with E-state index in [-0.39, 0.29) is 6.61 Å². The third-order valence-electron chi connectivity index (χ3n) is 3.07. The predicted octanol–water partition coefficient (Wildman–Crippen LogP) is 1.60. The van der Waals surface area contributed by atoms with Crippen LogP contribution in [0.2, 0.25) is 0 Å². The summed E-state index contributed by atoms with van der Waals surface area (Å²) in [7, 11) is 0. The Labute approximate surface area is 90.8 Å². The third kappa shape index (κ3) is 2.55.